The molecule has 10 heteroatoms. The Kier molecular flexibility index (Phi) is 4.74. The van der Waals surface area contributed by atoms with Crippen molar-refractivity contribution in [2.45, 2.75) is 6.92 Å². The molecule has 0 saturated carbocycles. The number of ether oxygens (including phenoxy) is 1. The summed E-state index contributed by atoms with van der Waals surface area (Å²) in [5.41, 5.74) is -4.51. The van der Waals surface area contributed by atoms with Crippen LogP contribution in [0.3, 0.4) is 0 Å². The standard InChI is InChI=1S/C15H6F8O2/c1-3-4(7(17)13(23)15(25-2)6(3)16)14(24)5-8(18)10(20)12(22)11(21)9(5)19/h1-2H3. The van der Waals surface area contributed by atoms with Crippen molar-refractivity contribution in [3.05, 3.63) is 63.2 Å². The van der Waals surface area contributed by atoms with Gasteiger partial charge in [0, 0.05) is 5.56 Å². The van der Waals surface area contributed by atoms with Gasteiger partial charge in [0.25, 0.3) is 0 Å². The van der Waals surface area contributed by atoms with Crippen molar-refractivity contribution in [3.8, 4) is 5.75 Å². The average molecular weight is 370 g/mol. The molecule has 0 atom stereocenters. The molecule has 2 aromatic carbocycles. The predicted molar refractivity (Wildman–Crippen MR) is 67.3 cm³/mol. The topological polar surface area (TPSA) is 26.3 Å². The molecule has 2 nitrogen and oxygen atoms in total. The van der Waals surface area contributed by atoms with E-state index < -0.39 is 74.8 Å². The van der Waals surface area contributed by atoms with E-state index in [2.05, 4.69) is 4.74 Å². The summed E-state index contributed by atoms with van der Waals surface area (Å²) in [5, 5.41) is 0. The first-order valence-electron chi connectivity index (χ1n) is 6.33. The van der Waals surface area contributed by atoms with Crippen LogP contribution in [0.25, 0.3) is 0 Å². The van der Waals surface area contributed by atoms with E-state index in [1.165, 1.54) is 0 Å². The van der Waals surface area contributed by atoms with Crippen LogP contribution < -0.4 is 4.74 Å². The third kappa shape index (κ3) is 2.61. The van der Waals surface area contributed by atoms with E-state index in [1.54, 1.807) is 0 Å². The molecule has 0 amide bonds. The van der Waals surface area contributed by atoms with Gasteiger partial charge in [-0.3, -0.25) is 4.79 Å². The lowest BCUT2D eigenvalue weighted by Gasteiger charge is -2.13. The minimum atomic E-state index is -2.55. The maximum Gasteiger partial charge on any atom is 0.204 e. The molecule has 0 fully saturated rings. The van der Waals surface area contributed by atoms with Gasteiger partial charge in [0.2, 0.25) is 17.4 Å². The average Bonchev–Trinajstić information content (AvgIpc) is 2.57. The van der Waals surface area contributed by atoms with Crippen molar-refractivity contribution < 1.29 is 44.7 Å². The van der Waals surface area contributed by atoms with E-state index in [0.717, 1.165) is 14.0 Å². The Morgan fingerprint density at radius 1 is 0.640 bits per heavy atom. The highest BCUT2D eigenvalue weighted by molar-refractivity contribution is 6.10. The highest BCUT2D eigenvalue weighted by Gasteiger charge is 2.34. The largest absolute Gasteiger partial charge is 0.491 e. The fourth-order valence-corrected chi connectivity index (χ4v) is 2.13. The summed E-state index contributed by atoms with van der Waals surface area (Å²) >= 11 is 0. The Labute approximate surface area is 134 Å². The smallest absolute Gasteiger partial charge is 0.204 e. The van der Waals surface area contributed by atoms with Crippen LogP contribution in [0.1, 0.15) is 21.5 Å². The van der Waals surface area contributed by atoms with Crippen molar-refractivity contribution in [2.75, 3.05) is 7.11 Å². The van der Waals surface area contributed by atoms with E-state index in [-0.39, 0.29) is 0 Å². The van der Waals surface area contributed by atoms with Crippen LogP contribution in [0, 0.1) is 53.5 Å². The fraction of sp³-hybridized carbons (Fsp3) is 0.133. The number of ketones is 1. The van der Waals surface area contributed by atoms with Gasteiger partial charge in [0.15, 0.2) is 40.7 Å². The zero-order valence-electron chi connectivity index (χ0n) is 12.3. The molecule has 0 bridgehead atoms. The molecular weight excluding hydrogens is 364 g/mol. The fourth-order valence-electron chi connectivity index (χ4n) is 2.13. The maximum absolute atomic E-state index is 14.0. The molecule has 2 aromatic rings. The molecule has 0 saturated heterocycles. The number of rotatable bonds is 3. The van der Waals surface area contributed by atoms with Crippen molar-refractivity contribution in [3.63, 3.8) is 0 Å². The molecule has 0 aliphatic carbocycles. The van der Waals surface area contributed by atoms with E-state index in [0.29, 0.717) is 0 Å². The summed E-state index contributed by atoms with van der Waals surface area (Å²) in [5.74, 6) is -21.6. The van der Waals surface area contributed by atoms with Gasteiger partial charge in [-0.1, -0.05) is 0 Å². The number of hydrogen-bond donors (Lipinski definition) is 0. The predicted octanol–water partition coefficient (Wildman–Crippen LogP) is 4.35. The maximum atomic E-state index is 14.0. The van der Waals surface area contributed by atoms with Gasteiger partial charge >= 0.3 is 0 Å². The summed E-state index contributed by atoms with van der Waals surface area (Å²) in [6.07, 6.45) is 0. The lowest BCUT2D eigenvalue weighted by Crippen LogP contribution is -2.18. The minimum Gasteiger partial charge on any atom is -0.491 e. The zero-order chi connectivity index (χ0) is 19.2. The van der Waals surface area contributed by atoms with Gasteiger partial charge in [-0.25, -0.2) is 30.7 Å². The van der Waals surface area contributed by atoms with Gasteiger partial charge in [-0.2, -0.15) is 4.39 Å². The molecule has 0 unspecified atom stereocenters. The van der Waals surface area contributed by atoms with Crippen LogP contribution in [0.15, 0.2) is 0 Å². The first kappa shape index (κ1) is 18.7. The van der Waals surface area contributed by atoms with Gasteiger partial charge in [0.05, 0.1) is 12.7 Å². The molecule has 2 rings (SSSR count). The molecular formula is C15H6F8O2. The minimum absolute atomic E-state index is 0.736. The Hall–Kier alpha value is -2.65. The van der Waals surface area contributed by atoms with Crippen LogP contribution in [-0.2, 0) is 0 Å². The summed E-state index contributed by atoms with van der Waals surface area (Å²) in [6, 6.07) is 0. The molecule has 134 valence electrons. The summed E-state index contributed by atoms with van der Waals surface area (Å²) in [4.78, 5) is 12.1. The lowest BCUT2D eigenvalue weighted by atomic mass is 9.96. The first-order chi connectivity index (χ1) is 11.6. The van der Waals surface area contributed by atoms with Gasteiger partial charge < -0.3 is 4.74 Å². The molecule has 0 aliphatic heterocycles. The zero-order valence-corrected chi connectivity index (χ0v) is 12.3. The first-order valence-corrected chi connectivity index (χ1v) is 6.33. The molecule has 0 aromatic heterocycles. The normalized spacial score (nSPS) is 11.0. The second kappa shape index (κ2) is 6.34. The highest BCUT2D eigenvalue weighted by atomic mass is 19.2. The highest BCUT2D eigenvalue weighted by Crippen LogP contribution is 2.33. The quantitative estimate of drug-likeness (QED) is 0.348. The summed E-state index contributed by atoms with van der Waals surface area (Å²) < 4.78 is 113. The van der Waals surface area contributed by atoms with Crippen LogP contribution in [-0.4, -0.2) is 12.9 Å². The van der Waals surface area contributed by atoms with Gasteiger partial charge in [0.1, 0.15) is 5.56 Å². The van der Waals surface area contributed by atoms with Gasteiger partial charge in [-0.05, 0) is 6.92 Å². The van der Waals surface area contributed by atoms with Crippen LogP contribution in [0.4, 0.5) is 35.1 Å². The second-order valence-corrected chi connectivity index (χ2v) is 4.75. The Bertz CT molecular complexity index is 849. The number of halogens is 8. The van der Waals surface area contributed by atoms with Crippen LogP contribution >= 0.6 is 0 Å². The molecule has 0 aliphatic rings. The lowest BCUT2D eigenvalue weighted by molar-refractivity contribution is 0.102. The summed E-state index contributed by atoms with van der Waals surface area (Å²) in [7, 11) is 0.784. The van der Waals surface area contributed by atoms with E-state index in [4.69, 9.17) is 0 Å². The Balaban J connectivity index is 2.86. The SMILES string of the molecule is COc1c(F)c(C)c(C(=O)c2c(F)c(F)c(F)c(F)c2F)c(F)c1F. The number of benzene rings is 2. The molecule has 0 spiro atoms. The number of carbonyl (C=O) groups excluding carboxylic acids is 1. The molecule has 0 heterocycles. The van der Waals surface area contributed by atoms with Crippen LogP contribution in [0.5, 0.6) is 5.75 Å². The van der Waals surface area contributed by atoms with Crippen molar-refractivity contribution >= 4 is 5.78 Å². The molecule has 25 heavy (non-hydrogen) atoms. The summed E-state index contributed by atoms with van der Waals surface area (Å²) in [6.45, 7) is 0.736. The monoisotopic (exact) mass is 370 g/mol. The van der Waals surface area contributed by atoms with E-state index in [9.17, 15) is 39.9 Å². The van der Waals surface area contributed by atoms with E-state index >= 15 is 0 Å². The molecule has 0 N–H and O–H groups in total. The second-order valence-electron chi connectivity index (χ2n) is 4.75. The number of methoxy groups -OCH3 is 1. The van der Waals surface area contributed by atoms with E-state index in [1.807, 2.05) is 0 Å². The third-order valence-electron chi connectivity index (χ3n) is 3.38. The Morgan fingerprint density at radius 2 is 1.04 bits per heavy atom. The van der Waals surface area contributed by atoms with Crippen molar-refractivity contribution in [1.82, 2.24) is 0 Å². The number of carbonyl (C=O) groups is 1. The third-order valence-corrected chi connectivity index (χ3v) is 3.38. The Morgan fingerprint density at radius 3 is 1.48 bits per heavy atom. The van der Waals surface area contributed by atoms with Crippen molar-refractivity contribution in [2.24, 2.45) is 0 Å². The van der Waals surface area contributed by atoms with Crippen molar-refractivity contribution in [1.29, 1.82) is 0 Å². The molecule has 0 radical (unpaired) electrons. The number of hydrogen-bond acceptors (Lipinski definition) is 2. The van der Waals surface area contributed by atoms with Crippen LogP contribution in [0.2, 0.25) is 0 Å². The van der Waals surface area contributed by atoms with Gasteiger partial charge in [-0.15, -0.1) is 0 Å².